The first kappa shape index (κ1) is 17.3. The van der Waals surface area contributed by atoms with Crippen LogP contribution in [0.15, 0.2) is 47.6 Å². The number of amides is 1. The number of nitrogens with one attached hydrogen (secondary N) is 1. The lowest BCUT2D eigenvalue weighted by Crippen LogP contribution is -2.24. The molecule has 10 heteroatoms. The van der Waals surface area contributed by atoms with Crippen LogP contribution in [-0.4, -0.2) is 38.7 Å². The molecule has 2 heterocycles. The lowest BCUT2D eigenvalue weighted by molar-refractivity contribution is -0.118. The van der Waals surface area contributed by atoms with Crippen LogP contribution in [-0.2, 0) is 11.3 Å². The Hall–Kier alpha value is -3.14. The third-order valence-electron chi connectivity index (χ3n) is 3.77. The van der Waals surface area contributed by atoms with E-state index in [0.29, 0.717) is 28.9 Å². The number of carbonyl (C=O) groups excluding carboxylic acids is 1. The molecular formula is C17H14FN5O3S. The Bertz CT molecular complexity index is 963. The fourth-order valence-electron chi connectivity index (χ4n) is 2.45. The molecule has 1 amide bonds. The van der Waals surface area contributed by atoms with Gasteiger partial charge in [0.25, 0.3) is 0 Å². The number of hydrogen-bond donors (Lipinski definition) is 1. The second kappa shape index (κ2) is 7.62. The van der Waals surface area contributed by atoms with Gasteiger partial charge < -0.3 is 14.8 Å². The van der Waals surface area contributed by atoms with Crippen LogP contribution in [0.25, 0.3) is 5.69 Å². The maximum absolute atomic E-state index is 13.0. The SMILES string of the molecule is O=C(CSc1nnnn1-c1ccc(F)cc1)NCc1ccc2c(c1)OCO2. The van der Waals surface area contributed by atoms with Crippen molar-refractivity contribution in [3.63, 3.8) is 0 Å². The van der Waals surface area contributed by atoms with Gasteiger partial charge in [0, 0.05) is 6.54 Å². The summed E-state index contributed by atoms with van der Waals surface area (Å²) in [6.45, 7) is 0.587. The molecular weight excluding hydrogens is 373 g/mol. The number of halogens is 1. The highest BCUT2D eigenvalue weighted by Crippen LogP contribution is 2.32. The minimum atomic E-state index is -0.344. The predicted octanol–water partition coefficient (Wildman–Crippen LogP) is 1.94. The van der Waals surface area contributed by atoms with E-state index in [2.05, 4.69) is 20.8 Å². The van der Waals surface area contributed by atoms with Gasteiger partial charge in [0.2, 0.25) is 17.9 Å². The van der Waals surface area contributed by atoms with Crippen molar-refractivity contribution in [2.45, 2.75) is 11.7 Å². The third-order valence-corrected chi connectivity index (χ3v) is 4.69. The van der Waals surface area contributed by atoms with Crippen LogP contribution < -0.4 is 14.8 Å². The van der Waals surface area contributed by atoms with E-state index in [4.69, 9.17) is 9.47 Å². The van der Waals surface area contributed by atoms with Gasteiger partial charge in [-0.25, -0.2) is 4.39 Å². The fourth-order valence-corrected chi connectivity index (χ4v) is 3.17. The number of thioether (sulfide) groups is 1. The van der Waals surface area contributed by atoms with Crippen molar-refractivity contribution >= 4 is 17.7 Å². The Kier molecular flexibility index (Phi) is 4.88. The number of hydrogen-bond acceptors (Lipinski definition) is 7. The lowest BCUT2D eigenvalue weighted by Gasteiger charge is -2.07. The molecule has 4 rings (SSSR count). The van der Waals surface area contributed by atoms with Crippen LogP contribution in [0.5, 0.6) is 11.5 Å². The number of nitrogens with zero attached hydrogens (tertiary/aromatic N) is 4. The summed E-state index contributed by atoms with van der Waals surface area (Å²) < 4.78 is 25.1. The Morgan fingerprint density at radius 1 is 1.19 bits per heavy atom. The van der Waals surface area contributed by atoms with Gasteiger partial charge in [-0.2, -0.15) is 4.68 Å². The molecule has 0 radical (unpaired) electrons. The largest absolute Gasteiger partial charge is 0.454 e. The smallest absolute Gasteiger partial charge is 0.231 e. The van der Waals surface area contributed by atoms with Crippen molar-refractivity contribution in [2.75, 3.05) is 12.5 Å². The number of benzene rings is 2. The lowest BCUT2D eigenvalue weighted by atomic mass is 10.2. The number of tetrazole rings is 1. The van der Waals surface area contributed by atoms with Gasteiger partial charge in [0.05, 0.1) is 11.4 Å². The Balaban J connectivity index is 1.32. The zero-order chi connectivity index (χ0) is 18.6. The zero-order valence-electron chi connectivity index (χ0n) is 14.0. The summed E-state index contributed by atoms with van der Waals surface area (Å²) in [6, 6.07) is 11.3. The maximum atomic E-state index is 13.0. The molecule has 0 saturated carbocycles. The predicted molar refractivity (Wildman–Crippen MR) is 94.2 cm³/mol. The molecule has 1 aromatic heterocycles. The molecule has 1 N–H and O–H groups in total. The molecule has 3 aromatic rings. The second-order valence-corrected chi connectivity index (χ2v) is 6.55. The van der Waals surface area contributed by atoms with Crippen molar-refractivity contribution < 1.29 is 18.7 Å². The molecule has 0 aliphatic carbocycles. The quantitative estimate of drug-likeness (QED) is 0.646. The molecule has 27 heavy (non-hydrogen) atoms. The molecule has 0 unspecified atom stereocenters. The Morgan fingerprint density at radius 3 is 2.85 bits per heavy atom. The highest BCUT2D eigenvalue weighted by Gasteiger charge is 2.14. The van der Waals surface area contributed by atoms with Gasteiger partial charge in [-0.1, -0.05) is 17.8 Å². The average Bonchev–Trinajstić information content (AvgIpc) is 3.34. The van der Waals surface area contributed by atoms with E-state index in [0.717, 1.165) is 5.56 Å². The minimum absolute atomic E-state index is 0.145. The monoisotopic (exact) mass is 387 g/mol. The van der Waals surface area contributed by atoms with Gasteiger partial charge in [-0.05, 0) is 52.4 Å². The first-order valence-electron chi connectivity index (χ1n) is 8.01. The summed E-state index contributed by atoms with van der Waals surface area (Å²) in [6.07, 6.45) is 0. The summed E-state index contributed by atoms with van der Waals surface area (Å²) in [5.74, 6) is 1.02. The Labute approximate surface area is 157 Å². The normalized spacial score (nSPS) is 12.2. The van der Waals surface area contributed by atoms with Gasteiger partial charge in [-0.15, -0.1) is 5.10 Å². The number of rotatable bonds is 6. The summed E-state index contributed by atoms with van der Waals surface area (Å²) in [7, 11) is 0. The molecule has 2 aromatic carbocycles. The average molecular weight is 387 g/mol. The summed E-state index contributed by atoms with van der Waals surface area (Å²) in [5, 5.41) is 14.7. The standard InChI is InChI=1S/C17H14FN5O3S/c18-12-2-4-13(5-3-12)23-17(20-21-22-23)27-9-16(24)19-8-11-1-6-14-15(7-11)26-10-25-14/h1-7H,8-10H2,(H,19,24). The molecule has 0 atom stereocenters. The molecule has 0 spiro atoms. The van der Waals surface area contributed by atoms with Crippen molar-refractivity contribution in [1.82, 2.24) is 25.5 Å². The van der Waals surface area contributed by atoms with Gasteiger partial charge in [0.1, 0.15) is 5.82 Å². The topological polar surface area (TPSA) is 91.2 Å². The van der Waals surface area contributed by atoms with E-state index in [-0.39, 0.29) is 24.3 Å². The Morgan fingerprint density at radius 2 is 2.00 bits per heavy atom. The number of carbonyl (C=O) groups is 1. The second-order valence-electron chi connectivity index (χ2n) is 5.60. The summed E-state index contributed by atoms with van der Waals surface area (Å²) >= 11 is 1.19. The molecule has 138 valence electrons. The summed E-state index contributed by atoms with van der Waals surface area (Å²) in [4.78, 5) is 12.1. The molecule has 0 fully saturated rings. The van der Waals surface area contributed by atoms with Crippen LogP contribution in [0.3, 0.4) is 0 Å². The van der Waals surface area contributed by atoms with E-state index in [1.54, 1.807) is 12.1 Å². The van der Waals surface area contributed by atoms with Crippen LogP contribution >= 0.6 is 11.8 Å². The fraction of sp³-hybridized carbons (Fsp3) is 0.176. The highest BCUT2D eigenvalue weighted by atomic mass is 32.2. The molecule has 1 aliphatic heterocycles. The summed E-state index contributed by atoms with van der Waals surface area (Å²) in [5.41, 5.74) is 1.53. The molecule has 0 saturated heterocycles. The van der Waals surface area contributed by atoms with Crippen LogP contribution in [0.2, 0.25) is 0 Å². The van der Waals surface area contributed by atoms with Gasteiger partial charge >= 0.3 is 0 Å². The van der Waals surface area contributed by atoms with E-state index >= 15 is 0 Å². The van der Waals surface area contributed by atoms with E-state index in [9.17, 15) is 9.18 Å². The maximum Gasteiger partial charge on any atom is 0.231 e. The highest BCUT2D eigenvalue weighted by molar-refractivity contribution is 7.99. The van der Waals surface area contributed by atoms with Crippen LogP contribution in [0.4, 0.5) is 4.39 Å². The van der Waals surface area contributed by atoms with Crippen molar-refractivity contribution in [3.05, 3.63) is 53.8 Å². The van der Waals surface area contributed by atoms with Crippen molar-refractivity contribution in [1.29, 1.82) is 0 Å². The van der Waals surface area contributed by atoms with Gasteiger partial charge in [0.15, 0.2) is 11.5 Å². The minimum Gasteiger partial charge on any atom is -0.454 e. The van der Waals surface area contributed by atoms with Crippen molar-refractivity contribution in [2.24, 2.45) is 0 Å². The number of ether oxygens (including phenoxy) is 2. The van der Waals surface area contributed by atoms with E-state index < -0.39 is 0 Å². The first-order valence-corrected chi connectivity index (χ1v) is 9.00. The third kappa shape index (κ3) is 4.00. The number of fused-ring (bicyclic) bond motifs is 1. The molecule has 8 nitrogen and oxygen atoms in total. The van der Waals surface area contributed by atoms with Gasteiger partial charge in [-0.3, -0.25) is 4.79 Å². The van der Waals surface area contributed by atoms with E-state index in [1.807, 2.05) is 18.2 Å². The van der Waals surface area contributed by atoms with Crippen LogP contribution in [0, 0.1) is 5.82 Å². The van der Waals surface area contributed by atoms with E-state index in [1.165, 1.54) is 28.6 Å². The zero-order valence-corrected chi connectivity index (χ0v) is 14.8. The van der Waals surface area contributed by atoms with Crippen LogP contribution in [0.1, 0.15) is 5.56 Å². The molecule has 1 aliphatic rings. The molecule has 0 bridgehead atoms. The number of aromatic nitrogens is 4. The first-order chi connectivity index (χ1) is 13.2. The van der Waals surface area contributed by atoms with Crippen molar-refractivity contribution in [3.8, 4) is 17.2 Å².